The smallest absolute Gasteiger partial charge is 0.314 e. The number of rotatable bonds is 1. The fourth-order valence-electron chi connectivity index (χ4n) is 4.71. The molecule has 1 heterocycles. The van der Waals surface area contributed by atoms with E-state index in [-0.39, 0.29) is 17.3 Å². The van der Waals surface area contributed by atoms with Gasteiger partial charge in [0.25, 0.3) is 0 Å². The van der Waals surface area contributed by atoms with Gasteiger partial charge in [0.05, 0.1) is 20.3 Å². The van der Waals surface area contributed by atoms with Crippen molar-refractivity contribution in [1.82, 2.24) is 0 Å². The summed E-state index contributed by atoms with van der Waals surface area (Å²) in [6.45, 7) is 5.85. The van der Waals surface area contributed by atoms with Gasteiger partial charge in [-0.05, 0) is 30.1 Å². The van der Waals surface area contributed by atoms with Gasteiger partial charge in [0.2, 0.25) is 0 Å². The van der Waals surface area contributed by atoms with E-state index in [9.17, 15) is 4.79 Å². The molecule has 4 heteroatoms. The number of hydrogen-bond acceptors (Lipinski definition) is 4. The molecule has 0 aromatic heterocycles. The number of fused-ring (bicyclic) bond motifs is 1. The molecule has 0 aromatic rings. The molecule has 114 valence electrons. The zero-order valence-electron chi connectivity index (χ0n) is 12.8. The van der Waals surface area contributed by atoms with Crippen LogP contribution in [0.5, 0.6) is 0 Å². The largest absolute Gasteiger partial charge is 0.469 e. The predicted octanol–water partition coefficient (Wildman–Crippen LogP) is 2.76. The molecule has 1 unspecified atom stereocenters. The maximum atomic E-state index is 12.3. The van der Waals surface area contributed by atoms with Gasteiger partial charge in [0.15, 0.2) is 5.79 Å². The molecule has 1 spiro atoms. The molecule has 0 radical (unpaired) electrons. The number of carbonyl (C=O) groups is 1. The van der Waals surface area contributed by atoms with Gasteiger partial charge in [0.1, 0.15) is 5.92 Å². The minimum absolute atomic E-state index is 0.177. The molecule has 3 rings (SSSR count). The van der Waals surface area contributed by atoms with E-state index in [1.54, 1.807) is 0 Å². The van der Waals surface area contributed by atoms with Crippen LogP contribution in [0, 0.1) is 23.2 Å². The molecule has 0 aromatic carbocycles. The molecule has 3 aliphatic rings. The van der Waals surface area contributed by atoms with E-state index >= 15 is 0 Å². The average Bonchev–Trinajstić information content (AvgIpc) is 2.89. The molecule has 4 nitrogen and oxygen atoms in total. The number of ether oxygens (including phenoxy) is 3. The number of methoxy groups -OCH3 is 1. The molecule has 3 fully saturated rings. The highest BCUT2D eigenvalue weighted by Gasteiger charge is 2.60. The second-order valence-corrected chi connectivity index (χ2v) is 7.03. The molecular weight excluding hydrogens is 256 g/mol. The van der Waals surface area contributed by atoms with E-state index in [0.717, 1.165) is 12.8 Å². The Hall–Kier alpha value is -0.610. The van der Waals surface area contributed by atoms with Crippen molar-refractivity contribution < 1.29 is 19.0 Å². The molecule has 20 heavy (non-hydrogen) atoms. The first kappa shape index (κ1) is 14.3. The lowest BCUT2D eigenvalue weighted by Gasteiger charge is -2.55. The van der Waals surface area contributed by atoms with Crippen LogP contribution >= 0.6 is 0 Å². The molecule has 1 saturated heterocycles. The van der Waals surface area contributed by atoms with Crippen LogP contribution in [-0.4, -0.2) is 32.1 Å². The summed E-state index contributed by atoms with van der Waals surface area (Å²) in [4.78, 5) is 12.3. The van der Waals surface area contributed by atoms with Crippen LogP contribution in [0.25, 0.3) is 0 Å². The van der Waals surface area contributed by atoms with Crippen molar-refractivity contribution in [2.75, 3.05) is 20.3 Å². The summed E-state index contributed by atoms with van der Waals surface area (Å²) in [6.07, 6.45) is 5.43. The van der Waals surface area contributed by atoms with Gasteiger partial charge in [-0.2, -0.15) is 0 Å². The minimum atomic E-state index is -0.714. The van der Waals surface area contributed by atoms with E-state index in [4.69, 9.17) is 14.2 Å². The standard InChI is InChI=1S/C16H26O4/c1-11-5-4-6-12-9-16(19-7-8-20-16)13(14(17)18-3)10-15(11,12)2/h11-13H,4-10H2,1-3H3/t11-,12+,13?,15+/m1/s1. The molecule has 0 amide bonds. The molecular formula is C16H26O4. The van der Waals surface area contributed by atoms with Crippen LogP contribution in [0.1, 0.15) is 46.0 Å². The topological polar surface area (TPSA) is 44.8 Å². The Morgan fingerprint density at radius 3 is 2.55 bits per heavy atom. The van der Waals surface area contributed by atoms with E-state index in [1.165, 1.54) is 26.4 Å². The Kier molecular flexibility index (Phi) is 3.57. The van der Waals surface area contributed by atoms with Crippen molar-refractivity contribution in [3.8, 4) is 0 Å². The van der Waals surface area contributed by atoms with E-state index in [2.05, 4.69) is 13.8 Å². The van der Waals surface area contributed by atoms with E-state index in [0.29, 0.717) is 25.0 Å². The Balaban J connectivity index is 1.92. The lowest BCUT2D eigenvalue weighted by Crippen LogP contribution is -2.56. The molecule has 0 bridgehead atoms. The van der Waals surface area contributed by atoms with Crippen molar-refractivity contribution in [2.45, 2.75) is 51.7 Å². The first-order chi connectivity index (χ1) is 9.52. The highest BCUT2D eigenvalue weighted by Crippen LogP contribution is 2.59. The van der Waals surface area contributed by atoms with E-state index < -0.39 is 5.79 Å². The number of hydrogen-bond donors (Lipinski definition) is 0. The normalized spacial score (nSPS) is 43.2. The van der Waals surface area contributed by atoms with E-state index in [1.807, 2.05) is 0 Å². The second kappa shape index (κ2) is 4.99. The Morgan fingerprint density at radius 2 is 1.90 bits per heavy atom. The van der Waals surface area contributed by atoms with Crippen LogP contribution in [0.2, 0.25) is 0 Å². The third-order valence-electron chi connectivity index (χ3n) is 6.22. The van der Waals surface area contributed by atoms with Gasteiger partial charge in [-0.3, -0.25) is 4.79 Å². The van der Waals surface area contributed by atoms with Crippen molar-refractivity contribution in [2.24, 2.45) is 23.2 Å². The maximum absolute atomic E-state index is 12.3. The summed E-state index contributed by atoms with van der Waals surface area (Å²) >= 11 is 0. The Bertz CT molecular complexity index is 388. The highest BCUT2D eigenvalue weighted by atomic mass is 16.7. The van der Waals surface area contributed by atoms with Gasteiger partial charge in [0, 0.05) is 6.42 Å². The second-order valence-electron chi connectivity index (χ2n) is 7.03. The van der Waals surface area contributed by atoms with Crippen LogP contribution in [-0.2, 0) is 19.0 Å². The molecule has 2 saturated carbocycles. The number of esters is 1. The summed E-state index contributed by atoms with van der Waals surface area (Å²) in [5.74, 6) is 0.0625. The van der Waals surface area contributed by atoms with Crippen LogP contribution in [0.4, 0.5) is 0 Å². The Morgan fingerprint density at radius 1 is 1.20 bits per heavy atom. The van der Waals surface area contributed by atoms with Crippen LogP contribution in [0.15, 0.2) is 0 Å². The van der Waals surface area contributed by atoms with Gasteiger partial charge in [-0.25, -0.2) is 0 Å². The zero-order valence-corrected chi connectivity index (χ0v) is 12.8. The summed E-state index contributed by atoms with van der Waals surface area (Å²) < 4.78 is 16.9. The highest BCUT2D eigenvalue weighted by molar-refractivity contribution is 5.74. The Labute approximate surface area is 121 Å². The number of carbonyl (C=O) groups excluding carboxylic acids is 1. The van der Waals surface area contributed by atoms with Crippen molar-refractivity contribution >= 4 is 5.97 Å². The van der Waals surface area contributed by atoms with Gasteiger partial charge >= 0.3 is 5.97 Å². The van der Waals surface area contributed by atoms with Crippen molar-refractivity contribution in [3.05, 3.63) is 0 Å². The van der Waals surface area contributed by atoms with Gasteiger partial charge in [-0.15, -0.1) is 0 Å². The summed E-state index contributed by atoms with van der Waals surface area (Å²) in [5, 5.41) is 0. The summed E-state index contributed by atoms with van der Waals surface area (Å²) in [6, 6.07) is 0. The molecule has 0 N–H and O–H groups in total. The third-order valence-corrected chi connectivity index (χ3v) is 6.22. The first-order valence-electron chi connectivity index (χ1n) is 7.87. The fraction of sp³-hybridized carbons (Fsp3) is 0.938. The monoisotopic (exact) mass is 282 g/mol. The minimum Gasteiger partial charge on any atom is -0.469 e. The van der Waals surface area contributed by atoms with Crippen molar-refractivity contribution in [1.29, 1.82) is 0 Å². The van der Waals surface area contributed by atoms with Gasteiger partial charge < -0.3 is 14.2 Å². The van der Waals surface area contributed by atoms with Crippen LogP contribution in [0.3, 0.4) is 0 Å². The lowest BCUT2D eigenvalue weighted by molar-refractivity contribution is -0.253. The fourth-order valence-corrected chi connectivity index (χ4v) is 4.71. The zero-order chi connectivity index (χ0) is 14.4. The third kappa shape index (κ3) is 2.00. The molecule has 4 atom stereocenters. The molecule has 2 aliphatic carbocycles. The first-order valence-corrected chi connectivity index (χ1v) is 7.87. The summed E-state index contributed by atoms with van der Waals surface area (Å²) in [5.41, 5.74) is 0.206. The quantitative estimate of drug-likeness (QED) is 0.694. The SMILES string of the molecule is COC(=O)C1C[C@]2(C)[C@@H](CCC[C@H]2C)CC12OCCO2. The predicted molar refractivity (Wildman–Crippen MR) is 74.0 cm³/mol. The van der Waals surface area contributed by atoms with Crippen LogP contribution < -0.4 is 0 Å². The summed E-state index contributed by atoms with van der Waals surface area (Å²) in [7, 11) is 1.46. The lowest BCUT2D eigenvalue weighted by atomic mass is 9.52. The van der Waals surface area contributed by atoms with Crippen molar-refractivity contribution in [3.63, 3.8) is 0 Å². The average molecular weight is 282 g/mol. The van der Waals surface area contributed by atoms with Gasteiger partial charge in [-0.1, -0.05) is 26.7 Å². The molecule has 1 aliphatic heterocycles. The maximum Gasteiger partial charge on any atom is 0.314 e.